The summed E-state index contributed by atoms with van der Waals surface area (Å²) in [6.45, 7) is 0. The maximum absolute atomic E-state index is 12.3. The molecular weight excluding hydrogens is 334 g/mol. The molecule has 0 fully saturated rings. The lowest BCUT2D eigenvalue weighted by atomic mass is 9.81. The molecule has 2 aromatic carbocycles. The van der Waals surface area contributed by atoms with Gasteiger partial charge in [-0.2, -0.15) is 0 Å². The molecule has 26 heavy (non-hydrogen) atoms. The molecule has 0 radical (unpaired) electrons. The Balaban J connectivity index is 2.56. The van der Waals surface area contributed by atoms with Gasteiger partial charge in [0, 0.05) is 32.5 Å². The van der Waals surface area contributed by atoms with Crippen LogP contribution in [-0.2, 0) is 15.2 Å². The molecule has 2 aromatic rings. The Labute approximate surface area is 152 Å². The monoisotopic (exact) mass is 357 g/mol. The number of carbonyl (C=O) groups is 2. The van der Waals surface area contributed by atoms with E-state index in [-0.39, 0.29) is 5.06 Å². The Kier molecular flexibility index (Phi) is 5.97. The van der Waals surface area contributed by atoms with Crippen molar-refractivity contribution in [2.45, 2.75) is 12.0 Å². The summed E-state index contributed by atoms with van der Waals surface area (Å²) in [7, 11) is 4.56. The largest absolute Gasteiger partial charge is 0.388 e. The van der Waals surface area contributed by atoms with Crippen molar-refractivity contribution in [3.63, 3.8) is 0 Å². The highest BCUT2D eigenvalue weighted by atomic mass is 16.5. The lowest BCUT2D eigenvalue weighted by Crippen LogP contribution is -2.37. The number of benzene rings is 2. The molecule has 0 spiro atoms. The van der Waals surface area contributed by atoms with E-state index in [0.717, 1.165) is 18.4 Å². The first-order valence-electron chi connectivity index (χ1n) is 8.10. The lowest BCUT2D eigenvalue weighted by molar-refractivity contribution is -0.166. The molecule has 0 unspecified atom stereocenters. The van der Waals surface area contributed by atoms with Crippen LogP contribution in [0, 0.1) is 0 Å². The maximum atomic E-state index is 12.3. The van der Waals surface area contributed by atoms with E-state index in [0.29, 0.717) is 11.1 Å². The van der Waals surface area contributed by atoms with Gasteiger partial charge in [0.1, 0.15) is 5.60 Å². The quantitative estimate of drug-likeness (QED) is 0.342. The number of anilines is 2. The van der Waals surface area contributed by atoms with Gasteiger partial charge in [0.05, 0.1) is 6.42 Å². The van der Waals surface area contributed by atoms with Crippen molar-refractivity contribution in [3.8, 4) is 0 Å². The predicted molar refractivity (Wildman–Crippen MR) is 99.2 cm³/mol. The third-order valence-electron chi connectivity index (χ3n) is 4.21. The molecule has 0 bridgehead atoms. The smallest absolute Gasteiger partial charge is 0.313 e. The first-order valence-corrected chi connectivity index (χ1v) is 8.10. The van der Waals surface area contributed by atoms with E-state index in [2.05, 4.69) is 10.6 Å². The highest BCUT2D eigenvalue weighted by molar-refractivity contribution is 6.35. The summed E-state index contributed by atoms with van der Waals surface area (Å²) in [4.78, 5) is 24.1. The standard InChI is InChI=1S/C19H23N3O4/c1-20-15-8-4-6-13(10-15)19(25,12-17(23)18(24)22(3)26)14-7-5-9-16(11-14)21-2/h4-11,20-21,25-26H,12H2,1-3H3. The predicted octanol–water partition coefficient (Wildman–Crippen LogP) is 1.81. The number of hydroxylamine groups is 2. The molecule has 0 aliphatic heterocycles. The van der Waals surface area contributed by atoms with Gasteiger partial charge in [-0.15, -0.1) is 0 Å². The molecule has 2 rings (SSSR count). The van der Waals surface area contributed by atoms with E-state index in [1.54, 1.807) is 50.5 Å². The number of aliphatic hydroxyl groups is 1. The van der Waals surface area contributed by atoms with E-state index >= 15 is 0 Å². The molecule has 0 atom stereocenters. The van der Waals surface area contributed by atoms with Crippen LogP contribution < -0.4 is 10.6 Å². The van der Waals surface area contributed by atoms with Crippen molar-refractivity contribution < 1.29 is 19.9 Å². The third kappa shape index (κ3) is 4.01. The first kappa shape index (κ1) is 19.4. The molecule has 0 aromatic heterocycles. The van der Waals surface area contributed by atoms with Crippen LogP contribution in [0.5, 0.6) is 0 Å². The number of rotatable bonds is 7. The second-order valence-electron chi connectivity index (χ2n) is 5.95. The second-order valence-corrected chi connectivity index (χ2v) is 5.95. The van der Waals surface area contributed by atoms with Gasteiger partial charge >= 0.3 is 5.91 Å². The topological polar surface area (TPSA) is 102 Å². The number of hydrogen-bond acceptors (Lipinski definition) is 6. The summed E-state index contributed by atoms with van der Waals surface area (Å²) < 4.78 is 0. The van der Waals surface area contributed by atoms with Crippen molar-refractivity contribution >= 4 is 23.1 Å². The Morgan fingerprint density at radius 1 is 1.00 bits per heavy atom. The van der Waals surface area contributed by atoms with Crippen LogP contribution in [-0.4, -0.2) is 48.2 Å². The van der Waals surface area contributed by atoms with E-state index < -0.39 is 23.7 Å². The average Bonchev–Trinajstić information content (AvgIpc) is 2.67. The SMILES string of the molecule is CNc1cccc(C(O)(CC(=O)C(=O)N(C)O)c2cccc(NC)c2)c1. The summed E-state index contributed by atoms with van der Waals surface area (Å²) in [6, 6.07) is 13.9. The molecule has 1 amide bonds. The summed E-state index contributed by atoms with van der Waals surface area (Å²) in [5.41, 5.74) is 0.689. The Morgan fingerprint density at radius 3 is 1.85 bits per heavy atom. The van der Waals surface area contributed by atoms with Gasteiger partial charge < -0.3 is 15.7 Å². The molecule has 0 aliphatic rings. The molecule has 4 N–H and O–H groups in total. The van der Waals surface area contributed by atoms with Crippen molar-refractivity contribution in [1.82, 2.24) is 5.06 Å². The maximum Gasteiger partial charge on any atom is 0.313 e. The van der Waals surface area contributed by atoms with Crippen molar-refractivity contribution in [2.24, 2.45) is 0 Å². The van der Waals surface area contributed by atoms with Crippen LogP contribution in [0.2, 0.25) is 0 Å². The number of amides is 1. The van der Waals surface area contributed by atoms with Crippen LogP contribution in [0.1, 0.15) is 17.5 Å². The fourth-order valence-corrected chi connectivity index (χ4v) is 2.72. The third-order valence-corrected chi connectivity index (χ3v) is 4.21. The zero-order chi connectivity index (χ0) is 19.3. The van der Waals surface area contributed by atoms with E-state index in [1.165, 1.54) is 0 Å². The van der Waals surface area contributed by atoms with Crippen LogP contribution >= 0.6 is 0 Å². The van der Waals surface area contributed by atoms with Gasteiger partial charge in [-0.25, -0.2) is 5.06 Å². The fourth-order valence-electron chi connectivity index (χ4n) is 2.72. The van der Waals surface area contributed by atoms with Gasteiger partial charge in [0.15, 0.2) is 0 Å². The van der Waals surface area contributed by atoms with E-state index in [1.807, 2.05) is 12.1 Å². The van der Waals surface area contributed by atoms with Crippen LogP contribution in [0.3, 0.4) is 0 Å². The second kappa shape index (κ2) is 7.99. The van der Waals surface area contributed by atoms with Crippen molar-refractivity contribution in [2.75, 3.05) is 31.8 Å². The number of carbonyl (C=O) groups excluding carboxylic acids is 2. The van der Waals surface area contributed by atoms with Gasteiger partial charge in [-0.05, 0) is 35.4 Å². The number of nitrogens with one attached hydrogen (secondary N) is 2. The number of hydrogen-bond donors (Lipinski definition) is 4. The molecular formula is C19H23N3O4. The summed E-state index contributed by atoms with van der Waals surface area (Å²) in [6.07, 6.45) is -0.503. The van der Waals surface area contributed by atoms with E-state index in [9.17, 15) is 19.9 Å². The number of ketones is 1. The molecule has 138 valence electrons. The average molecular weight is 357 g/mol. The number of nitrogens with zero attached hydrogens (tertiary/aromatic N) is 1. The Morgan fingerprint density at radius 2 is 1.46 bits per heavy atom. The minimum Gasteiger partial charge on any atom is -0.388 e. The summed E-state index contributed by atoms with van der Waals surface area (Å²) >= 11 is 0. The zero-order valence-corrected chi connectivity index (χ0v) is 15.0. The fraction of sp³-hybridized carbons (Fsp3) is 0.263. The molecule has 0 aliphatic carbocycles. The first-order chi connectivity index (χ1) is 12.3. The van der Waals surface area contributed by atoms with Crippen molar-refractivity contribution in [1.29, 1.82) is 0 Å². The normalized spacial score (nSPS) is 11.0. The molecule has 7 heteroatoms. The Hall–Kier alpha value is -2.90. The molecule has 7 nitrogen and oxygen atoms in total. The van der Waals surface area contributed by atoms with Gasteiger partial charge in [-0.3, -0.25) is 14.8 Å². The highest BCUT2D eigenvalue weighted by Gasteiger charge is 2.37. The van der Waals surface area contributed by atoms with Crippen molar-refractivity contribution in [3.05, 3.63) is 59.7 Å². The highest BCUT2D eigenvalue weighted by Crippen LogP contribution is 2.35. The molecule has 0 heterocycles. The minimum absolute atomic E-state index is 0.219. The van der Waals surface area contributed by atoms with Crippen LogP contribution in [0.25, 0.3) is 0 Å². The van der Waals surface area contributed by atoms with Gasteiger partial charge in [0.25, 0.3) is 0 Å². The molecule has 0 saturated carbocycles. The minimum atomic E-state index is -1.73. The summed E-state index contributed by atoms with van der Waals surface area (Å²) in [5, 5.41) is 26.9. The van der Waals surface area contributed by atoms with Crippen LogP contribution in [0.4, 0.5) is 11.4 Å². The lowest BCUT2D eigenvalue weighted by Gasteiger charge is -2.29. The van der Waals surface area contributed by atoms with Gasteiger partial charge in [-0.1, -0.05) is 24.3 Å². The Bertz CT molecular complexity index is 757. The van der Waals surface area contributed by atoms with Crippen LogP contribution in [0.15, 0.2) is 48.5 Å². The van der Waals surface area contributed by atoms with Gasteiger partial charge in [0.2, 0.25) is 5.78 Å². The van der Waals surface area contributed by atoms with E-state index in [4.69, 9.17) is 0 Å². The number of Topliss-reactive ketones (excluding diaryl/α,β-unsaturated/α-hetero) is 1. The number of likely N-dealkylation sites (N-methyl/N-ethyl adjacent to an activating group) is 1. The summed E-state index contributed by atoms with van der Waals surface area (Å²) in [5.74, 6) is -1.99. The zero-order valence-electron chi connectivity index (χ0n) is 15.0. The molecule has 0 saturated heterocycles.